The Bertz CT molecular complexity index is 541. The first-order valence-electron chi connectivity index (χ1n) is 5.44. The molecule has 7 nitrogen and oxygen atoms in total. The Kier molecular flexibility index (Phi) is 4.84. The van der Waals surface area contributed by atoms with E-state index in [4.69, 9.17) is 10.8 Å². The van der Waals surface area contributed by atoms with Crippen LogP contribution >= 0.6 is 0 Å². The van der Waals surface area contributed by atoms with Crippen molar-refractivity contribution >= 4 is 17.8 Å². The fourth-order valence-corrected chi connectivity index (χ4v) is 1.42. The van der Waals surface area contributed by atoms with Crippen LogP contribution in [0, 0.1) is 0 Å². The lowest BCUT2D eigenvalue weighted by Crippen LogP contribution is -2.41. The molecule has 1 aromatic heterocycles. The normalized spacial score (nSPS) is 11.0. The van der Waals surface area contributed by atoms with Crippen LogP contribution in [0.15, 0.2) is 18.3 Å². The summed E-state index contributed by atoms with van der Waals surface area (Å²) < 4.78 is 37.0. The number of alkyl halides is 3. The number of carboxylic acid groups (broad SMARTS) is 1. The van der Waals surface area contributed by atoms with Crippen LogP contribution in [0.3, 0.4) is 0 Å². The van der Waals surface area contributed by atoms with Gasteiger partial charge in [-0.3, -0.25) is 19.4 Å². The molecule has 2 amide bonds. The molecular formula is C11H10F3N3O4. The quantitative estimate of drug-likeness (QED) is 0.801. The predicted molar refractivity (Wildman–Crippen MR) is 62.0 cm³/mol. The number of carboxylic acids is 1. The number of rotatable bonds is 5. The van der Waals surface area contributed by atoms with Crippen molar-refractivity contribution in [2.45, 2.75) is 6.18 Å². The highest BCUT2D eigenvalue weighted by Crippen LogP contribution is 2.27. The lowest BCUT2D eigenvalue weighted by atomic mass is 10.2. The lowest BCUT2D eigenvalue weighted by Gasteiger charge is -2.18. The second kappa shape index (κ2) is 6.20. The maximum Gasteiger partial charge on any atom is 0.433 e. The van der Waals surface area contributed by atoms with E-state index in [9.17, 15) is 27.6 Å². The average Bonchev–Trinajstić information content (AvgIpc) is 2.35. The molecule has 0 bridgehead atoms. The number of nitrogens with two attached hydrogens (primary N) is 1. The largest absolute Gasteiger partial charge is 0.480 e. The molecule has 0 aliphatic heterocycles. The van der Waals surface area contributed by atoms with Crippen molar-refractivity contribution in [3.8, 4) is 0 Å². The summed E-state index contributed by atoms with van der Waals surface area (Å²) in [5, 5.41) is 8.63. The van der Waals surface area contributed by atoms with Crippen molar-refractivity contribution in [2.75, 3.05) is 13.1 Å². The molecule has 0 saturated carbocycles. The number of nitrogens with zero attached hydrogens (tertiary/aromatic N) is 2. The number of halogens is 3. The van der Waals surface area contributed by atoms with Crippen LogP contribution < -0.4 is 5.73 Å². The van der Waals surface area contributed by atoms with Crippen LogP contribution in [-0.4, -0.2) is 45.9 Å². The fraction of sp³-hybridized carbons (Fsp3) is 0.273. The zero-order valence-electron chi connectivity index (χ0n) is 10.4. The Morgan fingerprint density at radius 2 is 1.86 bits per heavy atom. The third-order valence-corrected chi connectivity index (χ3v) is 2.26. The first-order chi connectivity index (χ1) is 9.61. The van der Waals surface area contributed by atoms with Crippen molar-refractivity contribution in [3.05, 3.63) is 29.6 Å². The minimum absolute atomic E-state index is 0.287. The zero-order chi connectivity index (χ0) is 16.2. The van der Waals surface area contributed by atoms with Crippen LogP contribution in [0.1, 0.15) is 16.1 Å². The minimum Gasteiger partial charge on any atom is -0.480 e. The Labute approximate surface area is 116 Å². The van der Waals surface area contributed by atoms with Gasteiger partial charge in [0.25, 0.3) is 5.91 Å². The van der Waals surface area contributed by atoms with Crippen LogP contribution in [0.4, 0.5) is 13.2 Å². The maximum atomic E-state index is 12.3. The molecule has 3 N–H and O–H groups in total. The van der Waals surface area contributed by atoms with E-state index in [1.165, 1.54) is 0 Å². The van der Waals surface area contributed by atoms with Gasteiger partial charge in [0.05, 0.1) is 5.56 Å². The van der Waals surface area contributed by atoms with Crippen molar-refractivity contribution in [1.29, 1.82) is 0 Å². The SMILES string of the molecule is NC(=O)CN(CC(=O)O)C(=O)c1ccc(C(F)(F)F)nc1. The summed E-state index contributed by atoms with van der Waals surface area (Å²) in [4.78, 5) is 37.0. The van der Waals surface area contributed by atoms with E-state index in [1.54, 1.807) is 0 Å². The van der Waals surface area contributed by atoms with Crippen LogP contribution in [0.25, 0.3) is 0 Å². The highest BCUT2D eigenvalue weighted by Gasteiger charge is 2.32. The first kappa shape index (κ1) is 16.4. The Morgan fingerprint density at radius 3 is 2.24 bits per heavy atom. The van der Waals surface area contributed by atoms with Crippen molar-refractivity contribution in [1.82, 2.24) is 9.88 Å². The number of primary amides is 1. The summed E-state index contributed by atoms with van der Waals surface area (Å²) in [5.41, 5.74) is 3.39. The molecule has 114 valence electrons. The van der Waals surface area contributed by atoms with Crippen LogP contribution in [0.2, 0.25) is 0 Å². The molecule has 0 unspecified atom stereocenters. The van der Waals surface area contributed by atoms with Gasteiger partial charge in [-0.05, 0) is 12.1 Å². The highest BCUT2D eigenvalue weighted by atomic mass is 19.4. The van der Waals surface area contributed by atoms with Gasteiger partial charge < -0.3 is 15.7 Å². The Balaban J connectivity index is 2.98. The van der Waals surface area contributed by atoms with Gasteiger partial charge in [-0.15, -0.1) is 0 Å². The molecule has 1 heterocycles. The lowest BCUT2D eigenvalue weighted by molar-refractivity contribution is -0.141. The third-order valence-electron chi connectivity index (χ3n) is 2.26. The molecule has 0 fully saturated rings. The standard InChI is InChI=1S/C11H10F3N3O4/c12-11(13,14)7-2-1-6(3-16-7)10(21)17(4-8(15)18)5-9(19)20/h1-3H,4-5H2,(H2,15,18)(H,19,20). The average molecular weight is 305 g/mol. The number of aromatic nitrogens is 1. The van der Waals surface area contributed by atoms with E-state index in [0.717, 1.165) is 6.07 Å². The molecule has 0 spiro atoms. The molecular weight excluding hydrogens is 295 g/mol. The Hall–Kier alpha value is -2.65. The van der Waals surface area contributed by atoms with Gasteiger partial charge in [0.1, 0.15) is 18.8 Å². The molecule has 0 aromatic carbocycles. The second-order valence-electron chi connectivity index (χ2n) is 3.95. The monoisotopic (exact) mass is 305 g/mol. The van der Waals surface area contributed by atoms with Gasteiger partial charge in [-0.1, -0.05) is 0 Å². The number of aliphatic carboxylic acids is 1. The van der Waals surface area contributed by atoms with Crippen molar-refractivity contribution in [2.24, 2.45) is 5.73 Å². The van der Waals surface area contributed by atoms with Gasteiger partial charge in [0.15, 0.2) is 0 Å². The van der Waals surface area contributed by atoms with Crippen molar-refractivity contribution in [3.63, 3.8) is 0 Å². The molecule has 1 aromatic rings. The minimum atomic E-state index is -4.66. The van der Waals surface area contributed by atoms with Crippen LogP contribution in [-0.2, 0) is 15.8 Å². The number of amides is 2. The van der Waals surface area contributed by atoms with Gasteiger partial charge in [0.2, 0.25) is 5.91 Å². The molecule has 0 aliphatic rings. The number of pyridine rings is 1. The van der Waals surface area contributed by atoms with E-state index < -0.39 is 42.7 Å². The van der Waals surface area contributed by atoms with E-state index in [1.807, 2.05) is 0 Å². The summed E-state index contributed by atoms with van der Waals surface area (Å²) in [5.74, 6) is -3.31. The molecule has 0 radical (unpaired) electrons. The summed E-state index contributed by atoms with van der Waals surface area (Å²) in [6.45, 7) is -1.49. The van der Waals surface area contributed by atoms with Crippen molar-refractivity contribution < 1.29 is 32.7 Å². The number of hydrogen-bond donors (Lipinski definition) is 2. The van der Waals surface area contributed by atoms with Gasteiger partial charge in [0, 0.05) is 6.20 Å². The molecule has 0 atom stereocenters. The van der Waals surface area contributed by atoms with Crippen LogP contribution in [0.5, 0.6) is 0 Å². The van der Waals surface area contributed by atoms with E-state index in [-0.39, 0.29) is 5.56 Å². The van der Waals surface area contributed by atoms with E-state index in [2.05, 4.69) is 4.98 Å². The molecule has 10 heteroatoms. The highest BCUT2D eigenvalue weighted by molar-refractivity contribution is 5.97. The summed E-state index contributed by atoms with van der Waals surface area (Å²) in [6, 6.07) is 1.42. The Morgan fingerprint density at radius 1 is 1.24 bits per heavy atom. The molecule has 21 heavy (non-hydrogen) atoms. The van der Waals surface area contributed by atoms with Gasteiger partial charge in [-0.25, -0.2) is 0 Å². The second-order valence-corrected chi connectivity index (χ2v) is 3.95. The smallest absolute Gasteiger partial charge is 0.433 e. The van der Waals surface area contributed by atoms with Gasteiger partial charge >= 0.3 is 12.1 Å². The summed E-state index contributed by atoms with van der Waals surface area (Å²) >= 11 is 0. The number of carbonyl (C=O) groups is 3. The number of hydrogen-bond acceptors (Lipinski definition) is 4. The molecule has 0 aliphatic carbocycles. The summed E-state index contributed by atoms with van der Waals surface area (Å²) in [6.07, 6.45) is -4.00. The van der Waals surface area contributed by atoms with E-state index in [0.29, 0.717) is 17.2 Å². The fourth-order valence-electron chi connectivity index (χ4n) is 1.42. The first-order valence-corrected chi connectivity index (χ1v) is 5.44. The predicted octanol–water partition coefficient (Wildman–Crippen LogP) is 0.112. The topological polar surface area (TPSA) is 114 Å². The number of carbonyl (C=O) groups excluding carboxylic acids is 2. The molecule has 0 saturated heterocycles. The summed E-state index contributed by atoms with van der Waals surface area (Å²) in [7, 11) is 0. The third kappa shape index (κ3) is 4.75. The zero-order valence-corrected chi connectivity index (χ0v) is 10.4. The van der Waals surface area contributed by atoms with Gasteiger partial charge in [-0.2, -0.15) is 13.2 Å². The van der Waals surface area contributed by atoms with E-state index >= 15 is 0 Å². The maximum absolute atomic E-state index is 12.3. The molecule has 1 rings (SSSR count).